The topological polar surface area (TPSA) is 54.9 Å². The van der Waals surface area contributed by atoms with Gasteiger partial charge in [0.2, 0.25) is 5.91 Å². The van der Waals surface area contributed by atoms with Crippen LogP contribution < -0.4 is 0 Å². The number of pyridine rings is 1. The Morgan fingerprint density at radius 3 is 2.78 bits per heavy atom. The van der Waals surface area contributed by atoms with Crippen LogP contribution in [0.3, 0.4) is 0 Å². The maximum Gasteiger partial charge on any atom is 0.248 e. The SMILES string of the molecule is CN(C)C(=O)COC[C@H]1CN(Cc2ccncc2)CC(C)(C)O1. The molecule has 2 rings (SSSR count). The zero-order chi connectivity index (χ0) is 16.9. The van der Waals surface area contributed by atoms with Crippen molar-refractivity contribution < 1.29 is 14.3 Å². The zero-order valence-electron chi connectivity index (χ0n) is 14.5. The van der Waals surface area contributed by atoms with Gasteiger partial charge in [-0.05, 0) is 31.5 Å². The number of hydrogen-bond donors (Lipinski definition) is 0. The van der Waals surface area contributed by atoms with Crippen LogP contribution in [0.15, 0.2) is 24.5 Å². The van der Waals surface area contributed by atoms with Crippen molar-refractivity contribution in [1.29, 1.82) is 0 Å². The number of hydrogen-bond acceptors (Lipinski definition) is 5. The highest BCUT2D eigenvalue weighted by atomic mass is 16.5. The van der Waals surface area contributed by atoms with E-state index in [1.165, 1.54) is 10.5 Å². The maximum atomic E-state index is 11.6. The Bertz CT molecular complexity index is 505. The number of carbonyl (C=O) groups excluding carboxylic acids is 1. The Hall–Kier alpha value is -1.50. The molecule has 0 bridgehead atoms. The van der Waals surface area contributed by atoms with Gasteiger partial charge < -0.3 is 14.4 Å². The van der Waals surface area contributed by atoms with Gasteiger partial charge in [-0.2, -0.15) is 0 Å². The lowest BCUT2D eigenvalue weighted by Crippen LogP contribution is -2.53. The number of ether oxygens (including phenoxy) is 2. The Morgan fingerprint density at radius 1 is 1.43 bits per heavy atom. The molecule has 1 aromatic heterocycles. The Morgan fingerprint density at radius 2 is 2.13 bits per heavy atom. The molecular weight excluding hydrogens is 294 g/mol. The molecule has 6 heteroatoms. The smallest absolute Gasteiger partial charge is 0.248 e. The normalized spacial score (nSPS) is 21.1. The molecule has 0 N–H and O–H groups in total. The zero-order valence-corrected chi connectivity index (χ0v) is 14.5. The van der Waals surface area contributed by atoms with Crippen molar-refractivity contribution in [2.45, 2.75) is 32.1 Å². The molecule has 1 fully saturated rings. The van der Waals surface area contributed by atoms with E-state index in [4.69, 9.17) is 9.47 Å². The molecule has 1 aliphatic heterocycles. The van der Waals surface area contributed by atoms with Crippen LogP contribution in [0.5, 0.6) is 0 Å². The molecule has 0 radical (unpaired) electrons. The summed E-state index contributed by atoms with van der Waals surface area (Å²) in [5.74, 6) is -0.0336. The summed E-state index contributed by atoms with van der Waals surface area (Å²) in [6, 6.07) is 4.06. The minimum Gasteiger partial charge on any atom is -0.369 e. The van der Waals surface area contributed by atoms with Gasteiger partial charge in [-0.3, -0.25) is 14.7 Å². The quantitative estimate of drug-likeness (QED) is 0.787. The van der Waals surface area contributed by atoms with Gasteiger partial charge in [0, 0.05) is 46.1 Å². The Balaban J connectivity index is 1.87. The average Bonchev–Trinajstić information content (AvgIpc) is 2.46. The fourth-order valence-electron chi connectivity index (χ4n) is 2.78. The van der Waals surface area contributed by atoms with Gasteiger partial charge >= 0.3 is 0 Å². The summed E-state index contributed by atoms with van der Waals surface area (Å²) in [7, 11) is 3.45. The van der Waals surface area contributed by atoms with Gasteiger partial charge in [0.05, 0.1) is 18.3 Å². The van der Waals surface area contributed by atoms with E-state index in [2.05, 4.69) is 23.7 Å². The van der Waals surface area contributed by atoms with Crippen LogP contribution in [0.2, 0.25) is 0 Å². The molecule has 23 heavy (non-hydrogen) atoms. The lowest BCUT2D eigenvalue weighted by molar-refractivity contribution is -0.161. The predicted octanol–water partition coefficient (Wildman–Crippen LogP) is 1.17. The van der Waals surface area contributed by atoms with Crippen molar-refractivity contribution in [3.8, 4) is 0 Å². The summed E-state index contributed by atoms with van der Waals surface area (Å²) in [4.78, 5) is 19.5. The van der Waals surface area contributed by atoms with Crippen molar-refractivity contribution in [1.82, 2.24) is 14.8 Å². The second-order valence-corrected chi connectivity index (χ2v) is 6.83. The van der Waals surface area contributed by atoms with E-state index in [9.17, 15) is 4.79 Å². The van der Waals surface area contributed by atoms with E-state index in [-0.39, 0.29) is 24.2 Å². The summed E-state index contributed by atoms with van der Waals surface area (Å²) in [6.07, 6.45) is 3.60. The fourth-order valence-corrected chi connectivity index (χ4v) is 2.78. The summed E-state index contributed by atoms with van der Waals surface area (Å²) >= 11 is 0. The van der Waals surface area contributed by atoms with Crippen molar-refractivity contribution in [2.75, 3.05) is 40.4 Å². The lowest BCUT2D eigenvalue weighted by atomic mass is 10.0. The summed E-state index contributed by atoms with van der Waals surface area (Å²) in [5, 5.41) is 0. The van der Waals surface area contributed by atoms with Crippen LogP contribution in [-0.2, 0) is 20.8 Å². The Labute approximate surface area is 138 Å². The molecule has 0 saturated carbocycles. The van der Waals surface area contributed by atoms with E-state index in [1.807, 2.05) is 24.5 Å². The minimum absolute atomic E-state index is 0.0319. The van der Waals surface area contributed by atoms with Crippen molar-refractivity contribution >= 4 is 5.91 Å². The molecule has 1 aliphatic rings. The van der Waals surface area contributed by atoms with E-state index in [0.717, 1.165) is 19.6 Å². The first kappa shape index (κ1) is 17.8. The van der Waals surface area contributed by atoms with Crippen LogP contribution >= 0.6 is 0 Å². The third-order valence-corrected chi connectivity index (χ3v) is 3.74. The first-order valence-corrected chi connectivity index (χ1v) is 7.93. The van der Waals surface area contributed by atoms with Crippen molar-refractivity contribution in [3.63, 3.8) is 0 Å². The molecular formula is C17H27N3O3. The molecule has 0 spiro atoms. The number of morpholine rings is 1. The largest absolute Gasteiger partial charge is 0.369 e. The highest BCUT2D eigenvalue weighted by Gasteiger charge is 2.33. The minimum atomic E-state index is -0.231. The predicted molar refractivity (Wildman–Crippen MR) is 88.0 cm³/mol. The number of aromatic nitrogens is 1. The highest BCUT2D eigenvalue weighted by Crippen LogP contribution is 2.22. The third kappa shape index (κ3) is 5.89. The van der Waals surface area contributed by atoms with Crippen LogP contribution in [-0.4, -0.2) is 72.8 Å². The second-order valence-electron chi connectivity index (χ2n) is 6.83. The molecule has 1 atom stereocenters. The molecule has 1 aromatic rings. The van der Waals surface area contributed by atoms with E-state index in [1.54, 1.807) is 14.1 Å². The molecule has 1 amide bonds. The maximum absolute atomic E-state index is 11.6. The molecule has 0 aliphatic carbocycles. The first-order valence-electron chi connectivity index (χ1n) is 7.93. The van der Waals surface area contributed by atoms with Gasteiger partial charge in [0.1, 0.15) is 6.61 Å². The number of amides is 1. The van der Waals surface area contributed by atoms with Crippen molar-refractivity contribution in [3.05, 3.63) is 30.1 Å². The van der Waals surface area contributed by atoms with Crippen LogP contribution in [0.4, 0.5) is 0 Å². The second kappa shape index (κ2) is 7.86. The monoisotopic (exact) mass is 321 g/mol. The van der Waals surface area contributed by atoms with Crippen LogP contribution in [0.1, 0.15) is 19.4 Å². The number of likely N-dealkylation sites (N-methyl/N-ethyl adjacent to an activating group) is 1. The molecule has 0 unspecified atom stereocenters. The number of carbonyl (C=O) groups is 1. The molecule has 128 valence electrons. The Kier molecular flexibility index (Phi) is 6.10. The lowest BCUT2D eigenvalue weighted by Gasteiger charge is -2.42. The average molecular weight is 321 g/mol. The van der Waals surface area contributed by atoms with Crippen LogP contribution in [0.25, 0.3) is 0 Å². The van der Waals surface area contributed by atoms with E-state index < -0.39 is 0 Å². The first-order chi connectivity index (χ1) is 10.9. The van der Waals surface area contributed by atoms with Crippen LogP contribution in [0, 0.1) is 0 Å². The van der Waals surface area contributed by atoms with Crippen molar-refractivity contribution in [2.24, 2.45) is 0 Å². The number of rotatable bonds is 6. The highest BCUT2D eigenvalue weighted by molar-refractivity contribution is 5.76. The van der Waals surface area contributed by atoms with Gasteiger partial charge in [-0.15, -0.1) is 0 Å². The number of nitrogens with zero attached hydrogens (tertiary/aromatic N) is 3. The third-order valence-electron chi connectivity index (χ3n) is 3.74. The van der Waals surface area contributed by atoms with Gasteiger partial charge in [0.15, 0.2) is 0 Å². The summed E-state index contributed by atoms with van der Waals surface area (Å²) in [5.41, 5.74) is 1.00. The van der Waals surface area contributed by atoms with E-state index in [0.29, 0.717) is 6.61 Å². The van der Waals surface area contributed by atoms with Gasteiger partial charge in [0.25, 0.3) is 0 Å². The van der Waals surface area contributed by atoms with Gasteiger partial charge in [-0.1, -0.05) is 0 Å². The summed E-state index contributed by atoms with van der Waals surface area (Å²) in [6.45, 7) is 7.22. The molecule has 0 aromatic carbocycles. The van der Waals surface area contributed by atoms with Gasteiger partial charge in [-0.25, -0.2) is 0 Å². The van der Waals surface area contributed by atoms with E-state index >= 15 is 0 Å². The molecule has 1 saturated heterocycles. The standard InChI is InChI=1S/C17H27N3O3/c1-17(2)13-20(9-14-5-7-18-8-6-14)10-15(23-17)11-22-12-16(21)19(3)4/h5-8,15H,9-13H2,1-4H3/t15-/m1/s1. The molecule has 2 heterocycles. The fraction of sp³-hybridized carbons (Fsp3) is 0.647. The summed E-state index contributed by atoms with van der Waals surface area (Å²) < 4.78 is 11.6. The molecule has 6 nitrogen and oxygen atoms in total.